The first-order valence-electron chi connectivity index (χ1n) is 7.78. The second-order valence-corrected chi connectivity index (χ2v) is 7.04. The smallest absolute Gasteiger partial charge is 0.312 e. The number of benzene rings is 1. The van der Waals surface area contributed by atoms with E-state index in [0.29, 0.717) is 6.42 Å². The molecule has 1 aromatic carbocycles. The van der Waals surface area contributed by atoms with Gasteiger partial charge in [0.1, 0.15) is 11.2 Å². The highest BCUT2D eigenvalue weighted by atomic mass is 16.6. The molecule has 1 aliphatic rings. The largest absolute Gasteiger partial charge is 0.460 e. The summed E-state index contributed by atoms with van der Waals surface area (Å²) in [6.45, 7) is 7.32. The van der Waals surface area contributed by atoms with Crippen LogP contribution in [0.4, 0.5) is 0 Å². The Bertz CT molecular complexity index is 515. The number of aryl methyl sites for hydroxylation is 1. The van der Waals surface area contributed by atoms with Gasteiger partial charge in [-0.15, -0.1) is 0 Å². The fourth-order valence-corrected chi connectivity index (χ4v) is 3.04. The maximum absolute atomic E-state index is 12.4. The lowest BCUT2D eigenvalue weighted by atomic mass is 9.78. The van der Waals surface area contributed by atoms with E-state index in [2.05, 4.69) is 0 Å². The van der Waals surface area contributed by atoms with E-state index in [1.54, 1.807) is 6.92 Å². The van der Waals surface area contributed by atoms with Crippen LogP contribution in [0.25, 0.3) is 0 Å². The summed E-state index contributed by atoms with van der Waals surface area (Å²) in [7, 11) is 0. The van der Waals surface area contributed by atoms with Gasteiger partial charge in [0.25, 0.3) is 0 Å². The van der Waals surface area contributed by atoms with Gasteiger partial charge in [-0.3, -0.25) is 4.79 Å². The number of hydrogen-bond donors (Lipinski definition) is 1. The molecule has 0 radical (unpaired) electrons. The molecule has 0 aliphatic heterocycles. The molecule has 2 rings (SSSR count). The van der Waals surface area contributed by atoms with Crippen molar-refractivity contribution in [3.8, 4) is 0 Å². The molecule has 116 valence electrons. The minimum Gasteiger partial charge on any atom is -0.460 e. The van der Waals surface area contributed by atoms with Crippen molar-refractivity contribution in [1.82, 2.24) is 0 Å². The fraction of sp³-hybridized carbons (Fsp3) is 0.611. The number of aliphatic hydroxyl groups is 1. The van der Waals surface area contributed by atoms with Crippen molar-refractivity contribution in [2.45, 2.75) is 64.6 Å². The SMILES string of the molecule is CC(C(=O)OC(C)(C)C)C1(O)CCCCc2ccccc21. The number of ether oxygens (including phenoxy) is 1. The predicted octanol–water partition coefficient (Wildman–Crippen LogP) is 3.58. The van der Waals surface area contributed by atoms with Gasteiger partial charge in [-0.05, 0) is 64.5 Å². The summed E-state index contributed by atoms with van der Waals surface area (Å²) in [5, 5.41) is 11.2. The number of carbonyl (C=O) groups excluding carboxylic acids is 1. The van der Waals surface area contributed by atoms with E-state index < -0.39 is 17.1 Å². The first kappa shape index (κ1) is 16.0. The maximum Gasteiger partial charge on any atom is 0.312 e. The molecule has 0 spiro atoms. The Balaban J connectivity index is 2.34. The van der Waals surface area contributed by atoms with Crippen molar-refractivity contribution >= 4 is 5.97 Å². The Labute approximate surface area is 127 Å². The van der Waals surface area contributed by atoms with Crippen molar-refractivity contribution in [1.29, 1.82) is 0 Å². The molecular weight excluding hydrogens is 264 g/mol. The standard InChI is InChI=1S/C18H26O3/c1-13(16(19)21-17(2,3)4)18(20)12-8-7-10-14-9-5-6-11-15(14)18/h5-6,9,11,13,20H,7-8,10,12H2,1-4H3. The van der Waals surface area contributed by atoms with Crippen LogP contribution in [0, 0.1) is 5.92 Å². The number of esters is 1. The van der Waals surface area contributed by atoms with Crippen LogP contribution in [0.15, 0.2) is 24.3 Å². The van der Waals surface area contributed by atoms with Gasteiger partial charge in [-0.2, -0.15) is 0 Å². The Morgan fingerprint density at radius 3 is 2.62 bits per heavy atom. The van der Waals surface area contributed by atoms with Crippen molar-refractivity contribution in [3.05, 3.63) is 35.4 Å². The third-order valence-electron chi connectivity index (χ3n) is 4.21. The van der Waals surface area contributed by atoms with Crippen LogP contribution in [0.2, 0.25) is 0 Å². The quantitative estimate of drug-likeness (QED) is 0.669. The molecule has 3 heteroatoms. The number of hydrogen-bond acceptors (Lipinski definition) is 3. The van der Waals surface area contributed by atoms with Gasteiger partial charge >= 0.3 is 5.97 Å². The van der Waals surface area contributed by atoms with Crippen molar-refractivity contribution in [3.63, 3.8) is 0 Å². The van der Waals surface area contributed by atoms with Crippen molar-refractivity contribution < 1.29 is 14.6 Å². The summed E-state index contributed by atoms with van der Waals surface area (Å²) < 4.78 is 5.47. The fourth-order valence-electron chi connectivity index (χ4n) is 3.04. The molecule has 1 aromatic rings. The number of rotatable bonds is 2. The van der Waals surface area contributed by atoms with Gasteiger partial charge in [0.2, 0.25) is 0 Å². The van der Waals surface area contributed by atoms with Gasteiger partial charge in [0, 0.05) is 0 Å². The highest BCUT2D eigenvalue weighted by molar-refractivity contribution is 5.74. The maximum atomic E-state index is 12.4. The molecule has 3 nitrogen and oxygen atoms in total. The molecule has 1 aliphatic carbocycles. The van der Waals surface area contributed by atoms with Gasteiger partial charge < -0.3 is 9.84 Å². The summed E-state index contributed by atoms with van der Waals surface area (Å²) in [4.78, 5) is 12.4. The van der Waals surface area contributed by atoms with Crippen LogP contribution in [0.3, 0.4) is 0 Å². The van der Waals surface area contributed by atoms with Crippen LogP contribution in [-0.4, -0.2) is 16.7 Å². The Morgan fingerprint density at radius 1 is 1.29 bits per heavy atom. The van der Waals surface area contributed by atoms with E-state index in [4.69, 9.17) is 4.74 Å². The number of fused-ring (bicyclic) bond motifs is 1. The monoisotopic (exact) mass is 290 g/mol. The van der Waals surface area contributed by atoms with Crippen LogP contribution in [0.5, 0.6) is 0 Å². The zero-order valence-electron chi connectivity index (χ0n) is 13.5. The zero-order valence-corrected chi connectivity index (χ0v) is 13.5. The van der Waals surface area contributed by atoms with Crippen LogP contribution in [0.1, 0.15) is 58.1 Å². The minimum atomic E-state index is -1.13. The lowest BCUT2D eigenvalue weighted by molar-refractivity contribution is -0.170. The normalized spacial score (nSPS) is 23.9. The van der Waals surface area contributed by atoms with E-state index in [-0.39, 0.29) is 5.97 Å². The summed E-state index contributed by atoms with van der Waals surface area (Å²) >= 11 is 0. The summed E-state index contributed by atoms with van der Waals surface area (Å²) in [6.07, 6.45) is 3.52. The summed E-state index contributed by atoms with van der Waals surface area (Å²) in [6, 6.07) is 7.91. The predicted molar refractivity (Wildman–Crippen MR) is 82.9 cm³/mol. The van der Waals surface area contributed by atoms with E-state index in [9.17, 15) is 9.90 Å². The first-order valence-corrected chi connectivity index (χ1v) is 7.78. The molecule has 2 atom stereocenters. The Morgan fingerprint density at radius 2 is 1.95 bits per heavy atom. The zero-order chi connectivity index (χ0) is 15.7. The van der Waals surface area contributed by atoms with Gasteiger partial charge in [-0.25, -0.2) is 0 Å². The Kier molecular flexibility index (Phi) is 4.43. The molecule has 0 heterocycles. The van der Waals surface area contributed by atoms with E-state index >= 15 is 0 Å². The van der Waals surface area contributed by atoms with E-state index in [1.807, 2.05) is 45.0 Å². The molecule has 0 aromatic heterocycles. The molecule has 1 N–H and O–H groups in total. The molecule has 21 heavy (non-hydrogen) atoms. The van der Waals surface area contributed by atoms with Gasteiger partial charge in [0.05, 0.1) is 5.92 Å². The van der Waals surface area contributed by atoms with Crippen LogP contribution >= 0.6 is 0 Å². The molecule has 2 unspecified atom stereocenters. The van der Waals surface area contributed by atoms with Crippen molar-refractivity contribution in [2.75, 3.05) is 0 Å². The highest BCUT2D eigenvalue weighted by Crippen LogP contribution is 2.40. The summed E-state index contributed by atoms with van der Waals surface area (Å²) in [5.74, 6) is -0.905. The lowest BCUT2D eigenvalue weighted by Crippen LogP contribution is -2.41. The lowest BCUT2D eigenvalue weighted by Gasteiger charge is -2.35. The second kappa shape index (κ2) is 5.80. The second-order valence-electron chi connectivity index (χ2n) is 7.04. The highest BCUT2D eigenvalue weighted by Gasteiger charge is 2.43. The van der Waals surface area contributed by atoms with Gasteiger partial charge in [0.15, 0.2) is 0 Å². The molecule has 0 saturated carbocycles. The summed E-state index contributed by atoms with van der Waals surface area (Å²) in [5.41, 5.74) is 0.371. The van der Waals surface area contributed by atoms with Crippen LogP contribution in [-0.2, 0) is 21.6 Å². The van der Waals surface area contributed by atoms with Crippen molar-refractivity contribution in [2.24, 2.45) is 5.92 Å². The minimum absolute atomic E-state index is 0.332. The molecule has 0 amide bonds. The topological polar surface area (TPSA) is 46.5 Å². The average molecular weight is 290 g/mol. The first-order chi connectivity index (χ1) is 9.74. The Hall–Kier alpha value is -1.35. The van der Waals surface area contributed by atoms with E-state index in [1.165, 1.54) is 0 Å². The van der Waals surface area contributed by atoms with Gasteiger partial charge in [-0.1, -0.05) is 24.3 Å². The molecular formula is C18H26O3. The number of carbonyl (C=O) groups is 1. The average Bonchev–Trinajstić information content (AvgIpc) is 2.57. The molecule has 0 fully saturated rings. The third-order valence-corrected chi connectivity index (χ3v) is 4.21. The third kappa shape index (κ3) is 3.46. The van der Waals surface area contributed by atoms with E-state index in [0.717, 1.165) is 30.4 Å². The van der Waals surface area contributed by atoms with Crippen LogP contribution < -0.4 is 0 Å². The molecule has 0 saturated heterocycles. The molecule has 0 bridgehead atoms.